The van der Waals surface area contributed by atoms with Crippen LogP contribution in [0.2, 0.25) is 5.02 Å². The van der Waals surface area contributed by atoms with Crippen molar-refractivity contribution in [2.24, 2.45) is 5.92 Å². The number of carbonyl (C=O) groups excluding carboxylic acids is 3. The molecule has 1 aromatic rings. The van der Waals surface area contributed by atoms with Crippen molar-refractivity contribution in [3.8, 4) is 5.75 Å². The van der Waals surface area contributed by atoms with Crippen molar-refractivity contribution in [1.29, 1.82) is 0 Å². The van der Waals surface area contributed by atoms with Crippen LogP contribution in [0.1, 0.15) is 38.2 Å². The van der Waals surface area contributed by atoms with Gasteiger partial charge in [-0.05, 0) is 24.8 Å². The van der Waals surface area contributed by atoms with Crippen LogP contribution in [0.15, 0.2) is 12.1 Å². The predicted octanol–water partition coefficient (Wildman–Crippen LogP) is 2.68. The summed E-state index contributed by atoms with van der Waals surface area (Å²) >= 11 is 5.82. The summed E-state index contributed by atoms with van der Waals surface area (Å²) in [7, 11) is 1.52. The predicted molar refractivity (Wildman–Crippen MR) is 103 cm³/mol. The van der Waals surface area contributed by atoms with E-state index in [4.69, 9.17) is 16.3 Å². The molecule has 1 heterocycles. The fraction of sp³-hybridized carbons (Fsp3) is 0.526. The number of nitrogens with zero attached hydrogens (tertiary/aromatic N) is 1. The van der Waals surface area contributed by atoms with E-state index in [1.807, 2.05) is 0 Å². The molecule has 1 aliphatic rings. The van der Waals surface area contributed by atoms with Crippen LogP contribution in [0.5, 0.6) is 5.75 Å². The monoisotopic (exact) mass is 413 g/mol. The second kappa shape index (κ2) is 9.73. The molecule has 0 unspecified atom stereocenters. The second-order valence-electron chi connectivity index (χ2n) is 6.90. The highest BCUT2D eigenvalue weighted by Crippen LogP contribution is 2.37. The quantitative estimate of drug-likeness (QED) is 0.776. The van der Waals surface area contributed by atoms with Crippen LogP contribution in [0.4, 0.5) is 9.18 Å². The summed E-state index contributed by atoms with van der Waals surface area (Å²) in [5.41, 5.74) is 0.757. The van der Waals surface area contributed by atoms with Crippen molar-refractivity contribution in [3.05, 3.63) is 28.5 Å². The average Bonchev–Trinajstić information content (AvgIpc) is 2.66. The van der Waals surface area contributed by atoms with E-state index in [2.05, 4.69) is 10.6 Å². The Hall–Kier alpha value is -2.35. The van der Waals surface area contributed by atoms with Crippen LogP contribution in [0, 0.1) is 11.7 Å². The summed E-state index contributed by atoms with van der Waals surface area (Å²) in [5.74, 6) is -0.828. The molecule has 0 radical (unpaired) electrons. The molecule has 9 heteroatoms. The number of amides is 4. The minimum absolute atomic E-state index is 0.0170. The van der Waals surface area contributed by atoms with Gasteiger partial charge in [0.1, 0.15) is 11.6 Å². The van der Waals surface area contributed by atoms with Gasteiger partial charge in [-0.2, -0.15) is 0 Å². The first-order chi connectivity index (χ1) is 13.2. The van der Waals surface area contributed by atoms with Crippen molar-refractivity contribution >= 4 is 29.4 Å². The third-order valence-electron chi connectivity index (χ3n) is 4.80. The first kappa shape index (κ1) is 21.9. The molecule has 1 aliphatic heterocycles. The Morgan fingerprint density at radius 1 is 1.32 bits per heavy atom. The molecule has 4 amide bonds. The number of rotatable bonds is 5. The Morgan fingerprint density at radius 3 is 2.54 bits per heavy atom. The van der Waals surface area contributed by atoms with E-state index in [-0.39, 0.29) is 23.4 Å². The van der Waals surface area contributed by atoms with Crippen molar-refractivity contribution in [1.82, 2.24) is 15.5 Å². The van der Waals surface area contributed by atoms with Gasteiger partial charge in [-0.1, -0.05) is 18.5 Å². The number of ether oxygens (including phenoxy) is 1. The third kappa shape index (κ3) is 5.58. The molecule has 0 aromatic heterocycles. The van der Waals surface area contributed by atoms with Crippen LogP contribution in [0.25, 0.3) is 0 Å². The maximum atomic E-state index is 13.9. The van der Waals surface area contributed by atoms with Gasteiger partial charge in [-0.3, -0.25) is 14.9 Å². The maximum absolute atomic E-state index is 13.9. The molecular weight excluding hydrogens is 389 g/mol. The van der Waals surface area contributed by atoms with Gasteiger partial charge in [0.15, 0.2) is 0 Å². The number of imide groups is 1. The standard InChI is InChI=1S/C19H25ClFN3O4/c1-11(10-22-19(27)23-12(2)25)18(26)24-6-4-13(5-7-24)14-8-16(21)15(20)9-17(14)28-3/h8-9,11,13H,4-7,10H2,1-3H3,(H2,22,23,25,27)/t11-/m0/s1. The van der Waals surface area contributed by atoms with E-state index in [0.717, 1.165) is 5.56 Å². The van der Waals surface area contributed by atoms with Crippen molar-refractivity contribution in [2.75, 3.05) is 26.7 Å². The highest BCUT2D eigenvalue weighted by atomic mass is 35.5. The largest absolute Gasteiger partial charge is 0.496 e. The third-order valence-corrected chi connectivity index (χ3v) is 5.09. The van der Waals surface area contributed by atoms with Crippen LogP contribution in [0.3, 0.4) is 0 Å². The zero-order valence-corrected chi connectivity index (χ0v) is 16.9. The Kier molecular flexibility index (Phi) is 7.62. The zero-order valence-electron chi connectivity index (χ0n) is 16.2. The van der Waals surface area contributed by atoms with Gasteiger partial charge in [0, 0.05) is 38.2 Å². The van der Waals surface area contributed by atoms with Crippen LogP contribution < -0.4 is 15.4 Å². The molecule has 0 saturated carbocycles. The number of piperidine rings is 1. The van der Waals surface area contributed by atoms with Crippen LogP contribution in [-0.2, 0) is 9.59 Å². The summed E-state index contributed by atoms with van der Waals surface area (Å²) in [6.07, 6.45) is 1.35. The average molecular weight is 414 g/mol. The lowest BCUT2D eigenvalue weighted by Crippen LogP contribution is -2.46. The van der Waals surface area contributed by atoms with Gasteiger partial charge in [0.2, 0.25) is 11.8 Å². The number of hydrogen-bond acceptors (Lipinski definition) is 4. The SMILES string of the molecule is COc1cc(Cl)c(F)cc1C1CCN(C(=O)[C@@H](C)CNC(=O)NC(C)=O)CC1. The molecule has 0 aliphatic carbocycles. The fourth-order valence-electron chi connectivity index (χ4n) is 3.30. The van der Waals surface area contributed by atoms with Gasteiger partial charge in [0.25, 0.3) is 0 Å². The molecule has 28 heavy (non-hydrogen) atoms. The van der Waals surface area contributed by atoms with Gasteiger partial charge >= 0.3 is 6.03 Å². The lowest BCUT2D eigenvalue weighted by molar-refractivity contribution is -0.135. The van der Waals surface area contributed by atoms with Gasteiger partial charge in [-0.15, -0.1) is 0 Å². The summed E-state index contributed by atoms with van der Waals surface area (Å²) in [5, 5.41) is 4.62. The zero-order chi connectivity index (χ0) is 20.8. The topological polar surface area (TPSA) is 87.7 Å². The first-order valence-electron chi connectivity index (χ1n) is 9.10. The molecule has 2 rings (SSSR count). The van der Waals surface area contributed by atoms with Gasteiger partial charge in [-0.25, -0.2) is 9.18 Å². The molecule has 1 fully saturated rings. The number of nitrogens with one attached hydrogen (secondary N) is 2. The summed E-state index contributed by atoms with van der Waals surface area (Å²) in [6.45, 7) is 4.15. The Morgan fingerprint density at radius 2 is 1.96 bits per heavy atom. The number of likely N-dealkylation sites (tertiary alicyclic amines) is 1. The molecule has 154 valence electrons. The number of halogens is 2. The molecule has 1 atom stereocenters. The Balaban J connectivity index is 1.91. The van der Waals surface area contributed by atoms with E-state index in [9.17, 15) is 18.8 Å². The van der Waals surface area contributed by atoms with E-state index in [1.54, 1.807) is 11.8 Å². The molecule has 7 nitrogen and oxygen atoms in total. The molecule has 1 aromatic carbocycles. The van der Waals surface area contributed by atoms with Crippen LogP contribution >= 0.6 is 11.6 Å². The summed E-state index contributed by atoms with van der Waals surface area (Å²) in [6, 6.07) is 2.26. The smallest absolute Gasteiger partial charge is 0.321 e. The highest BCUT2D eigenvalue weighted by Gasteiger charge is 2.28. The number of methoxy groups -OCH3 is 1. The number of urea groups is 1. The Bertz CT molecular complexity index is 751. The summed E-state index contributed by atoms with van der Waals surface area (Å²) in [4.78, 5) is 36.6. The van der Waals surface area contributed by atoms with Crippen LogP contribution in [-0.4, -0.2) is 49.5 Å². The van der Waals surface area contributed by atoms with Crippen molar-refractivity contribution < 1.29 is 23.5 Å². The molecule has 1 saturated heterocycles. The molecular formula is C19H25ClFN3O4. The van der Waals surface area contributed by atoms with E-state index < -0.39 is 23.7 Å². The minimum Gasteiger partial charge on any atom is -0.496 e. The molecule has 2 N–H and O–H groups in total. The first-order valence-corrected chi connectivity index (χ1v) is 9.47. The van der Waals surface area contributed by atoms with Gasteiger partial charge in [0.05, 0.1) is 18.1 Å². The highest BCUT2D eigenvalue weighted by molar-refractivity contribution is 6.30. The minimum atomic E-state index is -0.622. The lowest BCUT2D eigenvalue weighted by atomic mass is 9.88. The number of benzene rings is 1. The van der Waals surface area contributed by atoms with Gasteiger partial charge < -0.3 is 15.0 Å². The lowest BCUT2D eigenvalue weighted by Gasteiger charge is -2.34. The van der Waals surface area contributed by atoms with Crippen molar-refractivity contribution in [3.63, 3.8) is 0 Å². The normalized spacial score (nSPS) is 15.7. The molecule has 0 spiro atoms. The molecule has 0 bridgehead atoms. The maximum Gasteiger partial charge on any atom is 0.321 e. The van der Waals surface area contributed by atoms with E-state index in [0.29, 0.717) is 31.7 Å². The number of carbonyl (C=O) groups is 3. The number of hydrogen-bond donors (Lipinski definition) is 2. The second-order valence-corrected chi connectivity index (χ2v) is 7.31. The van der Waals surface area contributed by atoms with Crippen molar-refractivity contribution in [2.45, 2.75) is 32.6 Å². The van der Waals surface area contributed by atoms with E-state index >= 15 is 0 Å². The summed E-state index contributed by atoms with van der Waals surface area (Å²) < 4.78 is 19.2. The van der Waals surface area contributed by atoms with E-state index in [1.165, 1.54) is 26.2 Å². The Labute approximate surface area is 168 Å². The fourth-order valence-corrected chi connectivity index (χ4v) is 3.45.